The van der Waals surface area contributed by atoms with Crippen LogP contribution in [0.4, 0.5) is 5.69 Å². The van der Waals surface area contributed by atoms with Crippen molar-refractivity contribution in [3.8, 4) is 0 Å². The van der Waals surface area contributed by atoms with Gasteiger partial charge in [-0.3, -0.25) is 9.59 Å². The summed E-state index contributed by atoms with van der Waals surface area (Å²) in [6, 6.07) is 16.4. The molecule has 1 N–H and O–H groups in total. The lowest BCUT2D eigenvalue weighted by molar-refractivity contribution is -0.114. The summed E-state index contributed by atoms with van der Waals surface area (Å²) in [7, 11) is 0. The van der Waals surface area contributed by atoms with Crippen molar-refractivity contribution in [1.82, 2.24) is 0 Å². The molecule has 2 aromatic carbocycles. The summed E-state index contributed by atoms with van der Waals surface area (Å²) in [5, 5.41) is 2.71. The molecule has 0 aliphatic heterocycles. The molecule has 0 spiro atoms. The maximum absolute atomic E-state index is 11.9. The summed E-state index contributed by atoms with van der Waals surface area (Å²) in [6.45, 7) is 1.46. The number of nitrogens with one attached hydrogen (secondary N) is 1. The molecule has 0 aliphatic carbocycles. The molecule has 0 aromatic heterocycles. The first-order chi connectivity index (χ1) is 9.65. The van der Waals surface area contributed by atoms with Crippen molar-refractivity contribution in [2.24, 2.45) is 0 Å². The zero-order valence-electron chi connectivity index (χ0n) is 11.2. The maximum atomic E-state index is 11.9. The Morgan fingerprint density at radius 1 is 1.00 bits per heavy atom. The molecule has 0 saturated carbocycles. The molecule has 0 unspecified atom stereocenters. The van der Waals surface area contributed by atoms with Gasteiger partial charge in [-0.2, -0.15) is 0 Å². The van der Waals surface area contributed by atoms with Crippen LogP contribution in [-0.2, 0) is 4.79 Å². The molecule has 100 valence electrons. The van der Waals surface area contributed by atoms with Crippen LogP contribution in [0.5, 0.6) is 0 Å². The first-order valence-electron chi connectivity index (χ1n) is 6.30. The monoisotopic (exact) mass is 265 g/mol. The fraction of sp³-hybridized carbons (Fsp3) is 0.0588. The normalized spacial score (nSPS) is 10.4. The lowest BCUT2D eigenvalue weighted by atomic mass is 10.1. The van der Waals surface area contributed by atoms with Crippen molar-refractivity contribution >= 4 is 23.5 Å². The van der Waals surface area contributed by atoms with E-state index in [1.165, 1.54) is 13.0 Å². The minimum absolute atomic E-state index is 0.0458. The number of hydrogen-bond donors (Lipinski definition) is 1. The van der Waals surface area contributed by atoms with Crippen LogP contribution in [0.3, 0.4) is 0 Å². The molecule has 3 nitrogen and oxygen atoms in total. The molecule has 20 heavy (non-hydrogen) atoms. The minimum Gasteiger partial charge on any atom is -0.326 e. The van der Waals surface area contributed by atoms with E-state index in [1.54, 1.807) is 24.3 Å². The molecular weight excluding hydrogens is 250 g/mol. The van der Waals surface area contributed by atoms with Gasteiger partial charge in [0.15, 0.2) is 5.78 Å². The molecule has 0 heterocycles. The lowest BCUT2D eigenvalue weighted by Gasteiger charge is -2.02. The molecule has 0 fully saturated rings. The summed E-state index contributed by atoms with van der Waals surface area (Å²) in [5.74, 6) is -0.165. The molecule has 2 aromatic rings. The Morgan fingerprint density at radius 2 is 1.75 bits per heavy atom. The zero-order valence-corrected chi connectivity index (χ0v) is 11.2. The van der Waals surface area contributed by atoms with Crippen molar-refractivity contribution < 1.29 is 9.59 Å². The second-order valence-electron chi connectivity index (χ2n) is 4.37. The highest BCUT2D eigenvalue weighted by atomic mass is 16.1. The number of rotatable bonds is 4. The topological polar surface area (TPSA) is 46.2 Å². The number of ketones is 1. The van der Waals surface area contributed by atoms with E-state index in [1.807, 2.05) is 36.4 Å². The van der Waals surface area contributed by atoms with E-state index in [9.17, 15) is 9.59 Å². The number of allylic oxidation sites excluding steroid dienone is 1. The zero-order chi connectivity index (χ0) is 14.4. The smallest absolute Gasteiger partial charge is 0.221 e. The van der Waals surface area contributed by atoms with Crippen LogP contribution < -0.4 is 5.32 Å². The molecule has 0 saturated heterocycles. The van der Waals surface area contributed by atoms with Gasteiger partial charge in [-0.15, -0.1) is 0 Å². The van der Waals surface area contributed by atoms with E-state index in [4.69, 9.17) is 0 Å². The van der Waals surface area contributed by atoms with Gasteiger partial charge in [0.05, 0.1) is 0 Å². The van der Waals surface area contributed by atoms with Gasteiger partial charge in [-0.05, 0) is 23.8 Å². The second kappa shape index (κ2) is 6.48. The fourth-order valence-electron chi connectivity index (χ4n) is 1.79. The first kappa shape index (κ1) is 13.7. The van der Waals surface area contributed by atoms with Gasteiger partial charge in [0.25, 0.3) is 0 Å². The van der Waals surface area contributed by atoms with Crippen molar-refractivity contribution in [3.05, 3.63) is 71.8 Å². The van der Waals surface area contributed by atoms with E-state index in [0.717, 1.165) is 5.56 Å². The average molecular weight is 265 g/mol. The van der Waals surface area contributed by atoms with E-state index in [0.29, 0.717) is 11.3 Å². The van der Waals surface area contributed by atoms with Gasteiger partial charge in [0.2, 0.25) is 5.91 Å². The molecule has 0 bridgehead atoms. The second-order valence-corrected chi connectivity index (χ2v) is 4.37. The standard InChI is InChI=1S/C17H15NO2/c1-13(19)18-16-9-5-6-14(12-16)10-11-17(20)15-7-3-2-4-8-15/h2-12H,1H3,(H,18,19)/b11-10+. The molecule has 2 rings (SSSR count). The van der Waals surface area contributed by atoms with Crippen LogP contribution in [0.2, 0.25) is 0 Å². The Bertz CT molecular complexity index is 645. The van der Waals surface area contributed by atoms with Gasteiger partial charge < -0.3 is 5.32 Å². The van der Waals surface area contributed by atoms with Crippen molar-refractivity contribution in [3.63, 3.8) is 0 Å². The van der Waals surface area contributed by atoms with Crippen LogP contribution in [0.1, 0.15) is 22.8 Å². The summed E-state index contributed by atoms with van der Waals surface area (Å²) < 4.78 is 0. The number of carbonyl (C=O) groups excluding carboxylic acids is 2. The SMILES string of the molecule is CC(=O)Nc1cccc(/C=C/C(=O)c2ccccc2)c1. The third kappa shape index (κ3) is 3.92. The third-order valence-electron chi connectivity index (χ3n) is 2.69. The Hall–Kier alpha value is -2.68. The number of amides is 1. The Balaban J connectivity index is 2.11. The van der Waals surface area contributed by atoms with Gasteiger partial charge in [0, 0.05) is 18.2 Å². The molecule has 0 atom stereocenters. The summed E-state index contributed by atoms with van der Waals surface area (Å²) in [4.78, 5) is 22.9. The quantitative estimate of drug-likeness (QED) is 0.679. The van der Waals surface area contributed by atoms with Crippen molar-refractivity contribution in [2.45, 2.75) is 6.92 Å². The summed E-state index contributed by atoms with van der Waals surface area (Å²) in [5.41, 5.74) is 2.23. The van der Waals surface area contributed by atoms with Crippen LogP contribution in [0.15, 0.2) is 60.7 Å². The van der Waals surface area contributed by atoms with Crippen molar-refractivity contribution in [1.29, 1.82) is 0 Å². The van der Waals surface area contributed by atoms with Gasteiger partial charge in [-0.25, -0.2) is 0 Å². The van der Waals surface area contributed by atoms with Gasteiger partial charge in [-0.1, -0.05) is 48.5 Å². The lowest BCUT2D eigenvalue weighted by Crippen LogP contribution is -2.05. The molecule has 0 aliphatic rings. The average Bonchev–Trinajstić information content (AvgIpc) is 2.45. The highest BCUT2D eigenvalue weighted by molar-refractivity contribution is 6.06. The predicted octanol–water partition coefficient (Wildman–Crippen LogP) is 3.54. The van der Waals surface area contributed by atoms with E-state index < -0.39 is 0 Å². The van der Waals surface area contributed by atoms with E-state index in [2.05, 4.69) is 5.32 Å². The first-order valence-corrected chi connectivity index (χ1v) is 6.30. The van der Waals surface area contributed by atoms with E-state index >= 15 is 0 Å². The predicted molar refractivity (Wildman–Crippen MR) is 80.6 cm³/mol. The minimum atomic E-state index is -0.119. The Labute approximate surface area is 117 Å². The van der Waals surface area contributed by atoms with Crippen LogP contribution in [0.25, 0.3) is 6.08 Å². The third-order valence-corrected chi connectivity index (χ3v) is 2.69. The molecular formula is C17H15NO2. The number of carbonyl (C=O) groups is 2. The van der Waals surface area contributed by atoms with Crippen LogP contribution in [0, 0.1) is 0 Å². The highest BCUT2D eigenvalue weighted by Gasteiger charge is 2.00. The molecule has 1 amide bonds. The van der Waals surface area contributed by atoms with E-state index in [-0.39, 0.29) is 11.7 Å². The highest BCUT2D eigenvalue weighted by Crippen LogP contribution is 2.12. The summed E-state index contributed by atoms with van der Waals surface area (Å²) >= 11 is 0. The number of benzene rings is 2. The maximum Gasteiger partial charge on any atom is 0.221 e. The van der Waals surface area contributed by atoms with Gasteiger partial charge in [0.1, 0.15) is 0 Å². The van der Waals surface area contributed by atoms with Gasteiger partial charge >= 0.3 is 0 Å². The molecule has 3 heteroatoms. The fourth-order valence-corrected chi connectivity index (χ4v) is 1.79. The van der Waals surface area contributed by atoms with Crippen LogP contribution in [-0.4, -0.2) is 11.7 Å². The van der Waals surface area contributed by atoms with Crippen LogP contribution >= 0.6 is 0 Å². The number of hydrogen-bond acceptors (Lipinski definition) is 2. The molecule has 0 radical (unpaired) electrons. The largest absolute Gasteiger partial charge is 0.326 e. The number of anilines is 1. The van der Waals surface area contributed by atoms with Crippen molar-refractivity contribution in [2.75, 3.05) is 5.32 Å². The Kier molecular flexibility index (Phi) is 4.45. The summed E-state index contributed by atoms with van der Waals surface area (Å²) in [6.07, 6.45) is 3.27. The Morgan fingerprint density at radius 3 is 2.45 bits per heavy atom.